The highest BCUT2D eigenvalue weighted by Gasteiger charge is 2.15. The van der Waals surface area contributed by atoms with E-state index < -0.39 is 5.97 Å². The van der Waals surface area contributed by atoms with Crippen LogP contribution in [0.2, 0.25) is 0 Å². The molecule has 0 bridgehead atoms. The molecule has 1 aromatic heterocycles. The summed E-state index contributed by atoms with van der Waals surface area (Å²) in [6, 6.07) is 5.18. The standard InChI is InChI=1S/C11H13N3O2/c1-8(2)14(7-11(15)16)10-5-9(6-12)3-4-13-10/h3-5,8H,7H2,1-2H3,(H,15,16). The SMILES string of the molecule is CC(C)N(CC(=O)O)c1cc(C#N)ccn1. The molecule has 16 heavy (non-hydrogen) atoms. The van der Waals surface area contributed by atoms with Crippen LogP contribution in [0.5, 0.6) is 0 Å². The molecule has 84 valence electrons. The number of aromatic nitrogens is 1. The Morgan fingerprint density at radius 2 is 2.38 bits per heavy atom. The van der Waals surface area contributed by atoms with Crippen LogP contribution < -0.4 is 4.90 Å². The van der Waals surface area contributed by atoms with Gasteiger partial charge in [0, 0.05) is 12.2 Å². The molecule has 1 rings (SSSR count). The van der Waals surface area contributed by atoms with E-state index in [-0.39, 0.29) is 12.6 Å². The van der Waals surface area contributed by atoms with Crippen LogP contribution >= 0.6 is 0 Å². The number of nitriles is 1. The summed E-state index contributed by atoms with van der Waals surface area (Å²) in [6.07, 6.45) is 1.51. The van der Waals surface area contributed by atoms with Gasteiger partial charge in [-0.2, -0.15) is 5.26 Å². The summed E-state index contributed by atoms with van der Waals surface area (Å²) < 4.78 is 0. The molecule has 5 heteroatoms. The molecule has 1 N–H and O–H groups in total. The lowest BCUT2D eigenvalue weighted by Crippen LogP contribution is -2.36. The maximum atomic E-state index is 10.7. The maximum absolute atomic E-state index is 10.7. The van der Waals surface area contributed by atoms with E-state index in [0.717, 1.165) is 0 Å². The highest BCUT2D eigenvalue weighted by atomic mass is 16.4. The molecule has 0 aliphatic heterocycles. The van der Waals surface area contributed by atoms with Gasteiger partial charge in [-0.3, -0.25) is 4.79 Å². The van der Waals surface area contributed by atoms with Crippen LogP contribution in [-0.4, -0.2) is 28.6 Å². The molecular weight excluding hydrogens is 206 g/mol. The van der Waals surface area contributed by atoms with Crippen molar-refractivity contribution in [1.82, 2.24) is 4.98 Å². The Balaban J connectivity index is 3.01. The van der Waals surface area contributed by atoms with E-state index in [1.54, 1.807) is 17.0 Å². The van der Waals surface area contributed by atoms with Gasteiger partial charge in [0.25, 0.3) is 0 Å². The second kappa shape index (κ2) is 5.12. The number of nitrogens with zero attached hydrogens (tertiary/aromatic N) is 3. The quantitative estimate of drug-likeness (QED) is 0.824. The fourth-order valence-corrected chi connectivity index (χ4v) is 1.32. The van der Waals surface area contributed by atoms with Crippen LogP contribution in [0.3, 0.4) is 0 Å². The third kappa shape index (κ3) is 2.95. The average Bonchev–Trinajstić information content (AvgIpc) is 2.25. The lowest BCUT2D eigenvalue weighted by molar-refractivity contribution is -0.135. The fourth-order valence-electron chi connectivity index (χ4n) is 1.32. The summed E-state index contributed by atoms with van der Waals surface area (Å²) in [5.74, 6) is -0.408. The van der Waals surface area contributed by atoms with E-state index in [4.69, 9.17) is 10.4 Å². The average molecular weight is 219 g/mol. The Kier molecular flexibility index (Phi) is 3.84. The lowest BCUT2D eigenvalue weighted by Gasteiger charge is -2.25. The summed E-state index contributed by atoms with van der Waals surface area (Å²) in [4.78, 5) is 16.4. The Morgan fingerprint density at radius 3 is 2.88 bits per heavy atom. The minimum absolute atomic E-state index is 0.0116. The number of carboxylic acids is 1. The van der Waals surface area contributed by atoms with Crippen molar-refractivity contribution >= 4 is 11.8 Å². The largest absolute Gasteiger partial charge is 0.480 e. The Hall–Kier alpha value is -2.09. The van der Waals surface area contributed by atoms with Gasteiger partial charge in [-0.05, 0) is 26.0 Å². The zero-order chi connectivity index (χ0) is 12.1. The van der Waals surface area contributed by atoms with Gasteiger partial charge in [-0.15, -0.1) is 0 Å². The second-order valence-electron chi connectivity index (χ2n) is 3.63. The van der Waals surface area contributed by atoms with Crippen molar-refractivity contribution in [1.29, 1.82) is 5.26 Å². The number of hydrogen-bond acceptors (Lipinski definition) is 4. The Labute approximate surface area is 93.9 Å². The van der Waals surface area contributed by atoms with Gasteiger partial charge in [-0.1, -0.05) is 0 Å². The summed E-state index contributed by atoms with van der Waals surface area (Å²) >= 11 is 0. The van der Waals surface area contributed by atoms with Crippen molar-refractivity contribution in [3.8, 4) is 6.07 Å². The molecule has 0 atom stereocenters. The molecule has 1 heterocycles. The highest BCUT2D eigenvalue weighted by molar-refractivity contribution is 5.73. The van der Waals surface area contributed by atoms with Crippen LogP contribution in [0.4, 0.5) is 5.82 Å². The van der Waals surface area contributed by atoms with Gasteiger partial charge < -0.3 is 10.0 Å². The predicted molar refractivity (Wildman–Crippen MR) is 59.1 cm³/mol. The molecule has 5 nitrogen and oxygen atoms in total. The van der Waals surface area contributed by atoms with Crippen LogP contribution in [0.15, 0.2) is 18.3 Å². The summed E-state index contributed by atoms with van der Waals surface area (Å²) in [5, 5.41) is 17.5. The topological polar surface area (TPSA) is 77.2 Å². The lowest BCUT2D eigenvalue weighted by atomic mass is 10.2. The van der Waals surface area contributed by atoms with Crippen molar-refractivity contribution in [3.63, 3.8) is 0 Å². The molecule has 0 unspecified atom stereocenters. The van der Waals surface area contributed by atoms with Crippen molar-refractivity contribution in [2.45, 2.75) is 19.9 Å². The molecule has 0 aliphatic rings. The number of carbonyl (C=O) groups is 1. The Bertz CT molecular complexity index is 423. The van der Waals surface area contributed by atoms with Gasteiger partial charge in [0.15, 0.2) is 0 Å². The number of pyridine rings is 1. The molecule has 0 amide bonds. The van der Waals surface area contributed by atoms with Crippen LogP contribution in [0, 0.1) is 11.3 Å². The minimum Gasteiger partial charge on any atom is -0.480 e. The summed E-state index contributed by atoms with van der Waals surface area (Å²) in [6.45, 7) is 3.63. The molecule has 0 radical (unpaired) electrons. The van der Waals surface area contributed by atoms with Gasteiger partial charge in [0.1, 0.15) is 12.4 Å². The molecule has 1 aromatic rings. The monoisotopic (exact) mass is 219 g/mol. The minimum atomic E-state index is -0.919. The van der Waals surface area contributed by atoms with E-state index in [9.17, 15) is 4.79 Å². The van der Waals surface area contributed by atoms with E-state index in [0.29, 0.717) is 11.4 Å². The van der Waals surface area contributed by atoms with E-state index in [1.807, 2.05) is 19.9 Å². The van der Waals surface area contributed by atoms with Crippen LogP contribution in [0.1, 0.15) is 19.4 Å². The molecule has 0 aliphatic carbocycles. The van der Waals surface area contributed by atoms with Gasteiger partial charge >= 0.3 is 5.97 Å². The molecular formula is C11H13N3O2. The smallest absolute Gasteiger partial charge is 0.323 e. The van der Waals surface area contributed by atoms with E-state index in [1.165, 1.54) is 6.20 Å². The third-order valence-corrected chi connectivity index (χ3v) is 2.10. The van der Waals surface area contributed by atoms with Crippen molar-refractivity contribution in [3.05, 3.63) is 23.9 Å². The third-order valence-electron chi connectivity index (χ3n) is 2.10. The molecule has 0 fully saturated rings. The molecule has 0 spiro atoms. The molecule has 0 saturated carbocycles. The van der Waals surface area contributed by atoms with Crippen molar-refractivity contribution < 1.29 is 9.90 Å². The molecule has 0 aromatic carbocycles. The first-order valence-corrected chi connectivity index (χ1v) is 4.89. The van der Waals surface area contributed by atoms with Gasteiger partial charge in [0.05, 0.1) is 11.6 Å². The number of carboxylic acid groups (broad SMARTS) is 1. The van der Waals surface area contributed by atoms with Crippen LogP contribution in [-0.2, 0) is 4.79 Å². The fraction of sp³-hybridized carbons (Fsp3) is 0.364. The van der Waals surface area contributed by atoms with Gasteiger partial charge in [-0.25, -0.2) is 4.98 Å². The van der Waals surface area contributed by atoms with E-state index in [2.05, 4.69) is 4.98 Å². The number of rotatable bonds is 4. The van der Waals surface area contributed by atoms with Crippen molar-refractivity contribution in [2.24, 2.45) is 0 Å². The van der Waals surface area contributed by atoms with Gasteiger partial charge in [0.2, 0.25) is 0 Å². The first-order chi connectivity index (χ1) is 7.54. The van der Waals surface area contributed by atoms with Crippen molar-refractivity contribution in [2.75, 3.05) is 11.4 Å². The zero-order valence-electron chi connectivity index (χ0n) is 9.21. The summed E-state index contributed by atoms with van der Waals surface area (Å²) in [7, 11) is 0. The second-order valence-corrected chi connectivity index (χ2v) is 3.63. The predicted octanol–water partition coefficient (Wildman–Crippen LogP) is 1.25. The number of hydrogen-bond donors (Lipinski definition) is 1. The first-order valence-electron chi connectivity index (χ1n) is 4.89. The number of aliphatic carboxylic acids is 1. The van der Waals surface area contributed by atoms with Crippen LogP contribution in [0.25, 0.3) is 0 Å². The first kappa shape index (κ1) is 12.0. The maximum Gasteiger partial charge on any atom is 0.323 e. The number of anilines is 1. The Morgan fingerprint density at radius 1 is 1.69 bits per heavy atom. The normalized spacial score (nSPS) is 9.88. The van der Waals surface area contributed by atoms with E-state index >= 15 is 0 Å². The highest BCUT2D eigenvalue weighted by Crippen LogP contribution is 2.14. The summed E-state index contributed by atoms with van der Waals surface area (Å²) in [5.41, 5.74) is 0.473. The molecule has 0 saturated heterocycles. The zero-order valence-corrected chi connectivity index (χ0v) is 9.21.